The van der Waals surface area contributed by atoms with Gasteiger partial charge in [-0.05, 0) is 23.3 Å². The number of rotatable bonds is 5. The zero-order valence-corrected chi connectivity index (χ0v) is 15.5. The minimum atomic E-state index is -0.115. The zero-order valence-electron chi connectivity index (χ0n) is 13.9. The molecule has 5 heteroatoms. The third-order valence-electron chi connectivity index (χ3n) is 4.61. The van der Waals surface area contributed by atoms with E-state index in [9.17, 15) is 0 Å². The molecule has 1 fully saturated rings. The van der Waals surface area contributed by atoms with Gasteiger partial charge in [0.05, 0.1) is 0 Å². The van der Waals surface area contributed by atoms with Crippen LogP contribution in [0.15, 0.2) is 53.0 Å². The molecule has 1 heterocycles. The molecule has 1 saturated heterocycles. The number of benzene rings is 2. The largest absolute Gasteiger partial charge is 0.369 e. The number of anilines is 1. The van der Waals surface area contributed by atoms with Crippen LogP contribution < -0.4 is 16.4 Å². The lowest BCUT2D eigenvalue weighted by atomic mass is 10.0. The topological polar surface area (TPSA) is 58.5 Å². The molecule has 0 radical (unpaired) electrons. The molecule has 0 aliphatic carbocycles. The van der Waals surface area contributed by atoms with Crippen molar-refractivity contribution in [1.29, 1.82) is 0 Å². The molecule has 1 atom stereocenters. The van der Waals surface area contributed by atoms with Crippen molar-refractivity contribution in [2.75, 3.05) is 37.6 Å². The number of piperazine rings is 1. The van der Waals surface area contributed by atoms with Crippen LogP contribution in [0, 0.1) is 0 Å². The number of hydrogen-bond acceptors (Lipinski definition) is 4. The Kier molecular flexibility index (Phi) is 5.89. The van der Waals surface area contributed by atoms with Gasteiger partial charge in [-0.15, -0.1) is 0 Å². The first-order valence-corrected chi connectivity index (χ1v) is 9.23. The van der Waals surface area contributed by atoms with Crippen molar-refractivity contribution in [2.24, 2.45) is 11.5 Å². The Bertz CT molecular complexity index is 654. The lowest BCUT2D eigenvalue weighted by molar-refractivity contribution is 0.249. The van der Waals surface area contributed by atoms with Crippen LogP contribution in [0.4, 0.5) is 5.69 Å². The molecule has 0 aromatic heterocycles. The number of hydrogen-bond donors (Lipinski definition) is 2. The summed E-state index contributed by atoms with van der Waals surface area (Å²) in [7, 11) is 0. The average molecular weight is 389 g/mol. The second kappa shape index (κ2) is 8.12. The summed E-state index contributed by atoms with van der Waals surface area (Å²) in [6.45, 7) is 5.60. The predicted octanol–water partition coefficient (Wildman–Crippen LogP) is 2.73. The van der Waals surface area contributed by atoms with E-state index in [4.69, 9.17) is 11.5 Å². The third kappa shape index (κ3) is 4.16. The van der Waals surface area contributed by atoms with Crippen LogP contribution in [0.2, 0.25) is 0 Å². The molecule has 0 bridgehead atoms. The lowest BCUT2D eigenvalue weighted by Gasteiger charge is -2.37. The standard InChI is InChI=1S/C19H25BrN4/c20-16-6-7-17(18(22)13-21)19(12-16)24-10-8-23(9-11-24)14-15-4-2-1-3-5-15/h1-7,12,18H,8-11,13-14,21-22H2. The summed E-state index contributed by atoms with van der Waals surface area (Å²) in [6.07, 6.45) is 0. The summed E-state index contributed by atoms with van der Waals surface area (Å²) >= 11 is 3.58. The Morgan fingerprint density at radius 1 is 1.00 bits per heavy atom. The first-order valence-electron chi connectivity index (χ1n) is 8.43. The summed E-state index contributed by atoms with van der Waals surface area (Å²) < 4.78 is 1.08. The SMILES string of the molecule is NCC(N)c1ccc(Br)cc1N1CCN(Cc2ccccc2)CC1. The van der Waals surface area contributed by atoms with Gasteiger partial charge in [-0.25, -0.2) is 0 Å². The Balaban J connectivity index is 1.67. The molecule has 0 amide bonds. The normalized spacial score (nSPS) is 17.0. The summed E-state index contributed by atoms with van der Waals surface area (Å²) in [4.78, 5) is 4.93. The van der Waals surface area contributed by atoms with Crippen molar-refractivity contribution in [2.45, 2.75) is 12.6 Å². The fourth-order valence-corrected chi connectivity index (χ4v) is 3.57. The number of nitrogens with zero attached hydrogens (tertiary/aromatic N) is 2. The predicted molar refractivity (Wildman–Crippen MR) is 104 cm³/mol. The summed E-state index contributed by atoms with van der Waals surface area (Å²) in [5.41, 5.74) is 15.7. The van der Waals surface area contributed by atoms with E-state index in [0.29, 0.717) is 6.54 Å². The van der Waals surface area contributed by atoms with Crippen LogP contribution in [0.1, 0.15) is 17.2 Å². The van der Waals surface area contributed by atoms with E-state index in [1.54, 1.807) is 0 Å². The smallest absolute Gasteiger partial charge is 0.0440 e. The molecule has 4 N–H and O–H groups in total. The Morgan fingerprint density at radius 2 is 1.71 bits per heavy atom. The highest BCUT2D eigenvalue weighted by Gasteiger charge is 2.21. The Hall–Kier alpha value is -1.40. The maximum absolute atomic E-state index is 6.20. The second-order valence-corrected chi connectivity index (χ2v) is 7.21. The van der Waals surface area contributed by atoms with E-state index in [-0.39, 0.29) is 6.04 Å². The van der Waals surface area contributed by atoms with Crippen LogP contribution >= 0.6 is 15.9 Å². The zero-order chi connectivity index (χ0) is 16.9. The maximum Gasteiger partial charge on any atom is 0.0440 e. The van der Waals surface area contributed by atoms with Gasteiger partial charge >= 0.3 is 0 Å². The Labute approximate surface area is 152 Å². The molecule has 24 heavy (non-hydrogen) atoms. The monoisotopic (exact) mass is 388 g/mol. The molecule has 128 valence electrons. The van der Waals surface area contributed by atoms with Crippen molar-refractivity contribution in [3.63, 3.8) is 0 Å². The van der Waals surface area contributed by atoms with Crippen molar-refractivity contribution >= 4 is 21.6 Å². The highest BCUT2D eigenvalue weighted by atomic mass is 79.9. The van der Waals surface area contributed by atoms with Gasteiger partial charge in [0.1, 0.15) is 0 Å². The molecule has 2 aromatic rings. The maximum atomic E-state index is 6.20. The first-order chi connectivity index (χ1) is 11.7. The summed E-state index contributed by atoms with van der Waals surface area (Å²) in [5.74, 6) is 0. The van der Waals surface area contributed by atoms with Crippen LogP contribution in [-0.4, -0.2) is 37.6 Å². The van der Waals surface area contributed by atoms with Gasteiger partial charge in [0.2, 0.25) is 0 Å². The molecule has 0 spiro atoms. The minimum absolute atomic E-state index is 0.115. The van der Waals surface area contributed by atoms with Crippen molar-refractivity contribution in [3.05, 3.63) is 64.1 Å². The van der Waals surface area contributed by atoms with Gasteiger partial charge in [-0.3, -0.25) is 4.90 Å². The molecule has 1 aliphatic rings. The van der Waals surface area contributed by atoms with Gasteiger partial charge in [0.25, 0.3) is 0 Å². The molecule has 4 nitrogen and oxygen atoms in total. The summed E-state index contributed by atoms with van der Waals surface area (Å²) in [6, 6.07) is 16.8. The van der Waals surface area contributed by atoms with Crippen molar-refractivity contribution < 1.29 is 0 Å². The molecule has 0 saturated carbocycles. The van der Waals surface area contributed by atoms with Gasteiger partial charge in [0.15, 0.2) is 0 Å². The fourth-order valence-electron chi connectivity index (χ4n) is 3.22. The van der Waals surface area contributed by atoms with Gasteiger partial charge in [-0.1, -0.05) is 52.3 Å². The Morgan fingerprint density at radius 3 is 2.38 bits per heavy atom. The van der Waals surface area contributed by atoms with Crippen LogP contribution in [0.3, 0.4) is 0 Å². The molecule has 1 aliphatic heterocycles. The van der Waals surface area contributed by atoms with Gasteiger partial charge in [-0.2, -0.15) is 0 Å². The van der Waals surface area contributed by atoms with E-state index in [1.807, 2.05) is 6.07 Å². The van der Waals surface area contributed by atoms with E-state index in [2.05, 4.69) is 68.2 Å². The number of nitrogens with two attached hydrogens (primary N) is 2. The summed E-state index contributed by atoms with van der Waals surface area (Å²) in [5, 5.41) is 0. The highest BCUT2D eigenvalue weighted by molar-refractivity contribution is 9.10. The minimum Gasteiger partial charge on any atom is -0.369 e. The van der Waals surface area contributed by atoms with Crippen molar-refractivity contribution in [3.8, 4) is 0 Å². The molecular formula is C19H25BrN4. The molecule has 3 rings (SSSR count). The molecular weight excluding hydrogens is 364 g/mol. The van der Waals surface area contributed by atoms with Crippen LogP contribution in [0.25, 0.3) is 0 Å². The fraction of sp³-hybridized carbons (Fsp3) is 0.368. The third-order valence-corrected chi connectivity index (χ3v) is 5.10. The quantitative estimate of drug-likeness (QED) is 0.826. The lowest BCUT2D eigenvalue weighted by Crippen LogP contribution is -2.46. The van der Waals surface area contributed by atoms with E-state index < -0.39 is 0 Å². The molecule has 2 aromatic carbocycles. The van der Waals surface area contributed by atoms with E-state index in [0.717, 1.165) is 42.8 Å². The highest BCUT2D eigenvalue weighted by Crippen LogP contribution is 2.29. The van der Waals surface area contributed by atoms with Crippen LogP contribution in [-0.2, 0) is 6.54 Å². The van der Waals surface area contributed by atoms with Crippen LogP contribution in [0.5, 0.6) is 0 Å². The average Bonchev–Trinajstić information content (AvgIpc) is 2.62. The van der Waals surface area contributed by atoms with Gasteiger partial charge < -0.3 is 16.4 Å². The first kappa shape index (κ1) is 17.4. The van der Waals surface area contributed by atoms with E-state index in [1.165, 1.54) is 11.3 Å². The second-order valence-electron chi connectivity index (χ2n) is 6.29. The van der Waals surface area contributed by atoms with Gasteiger partial charge in [0, 0.05) is 55.5 Å². The van der Waals surface area contributed by atoms with Crippen molar-refractivity contribution in [1.82, 2.24) is 4.90 Å². The number of halogens is 1. The molecule has 1 unspecified atom stereocenters. The van der Waals surface area contributed by atoms with E-state index >= 15 is 0 Å².